The number of benzene rings is 1. The molecule has 5 heteroatoms. The topological polar surface area (TPSA) is 69.2 Å². The van der Waals surface area contributed by atoms with Gasteiger partial charge in [-0.1, -0.05) is 12.1 Å². The Balaban J connectivity index is 2.00. The van der Waals surface area contributed by atoms with Gasteiger partial charge in [0.25, 0.3) is 0 Å². The monoisotopic (exact) mass is 231 g/mol. The Morgan fingerprint density at radius 1 is 1.47 bits per heavy atom. The van der Waals surface area contributed by atoms with Gasteiger partial charge in [0.05, 0.1) is 11.0 Å². The van der Waals surface area contributed by atoms with E-state index in [1.807, 2.05) is 29.2 Å². The molecule has 0 spiro atoms. The average Bonchev–Trinajstić information content (AvgIpc) is 2.95. The van der Waals surface area contributed by atoms with E-state index >= 15 is 0 Å². The van der Waals surface area contributed by atoms with E-state index in [2.05, 4.69) is 9.97 Å². The quantitative estimate of drug-likeness (QED) is 0.824. The fraction of sp³-hybridized carbons (Fsp3) is 0.333. The first kappa shape index (κ1) is 10.1. The Hall–Kier alpha value is -2.04. The molecule has 1 unspecified atom stereocenters. The minimum absolute atomic E-state index is 0.449. The highest BCUT2D eigenvalue weighted by Crippen LogP contribution is 2.25. The van der Waals surface area contributed by atoms with E-state index < -0.39 is 12.0 Å². The third-order valence-corrected chi connectivity index (χ3v) is 3.19. The summed E-state index contributed by atoms with van der Waals surface area (Å²) < 4.78 is 0. The fourth-order valence-electron chi connectivity index (χ4n) is 2.35. The molecule has 3 rings (SSSR count). The van der Waals surface area contributed by atoms with Crippen LogP contribution in [0.3, 0.4) is 0 Å². The van der Waals surface area contributed by atoms with Crippen molar-refractivity contribution < 1.29 is 9.90 Å². The molecule has 5 nitrogen and oxygen atoms in total. The zero-order chi connectivity index (χ0) is 11.8. The minimum atomic E-state index is -0.775. The maximum absolute atomic E-state index is 11.1. The lowest BCUT2D eigenvalue weighted by Crippen LogP contribution is -2.36. The molecule has 0 radical (unpaired) electrons. The van der Waals surface area contributed by atoms with Crippen LogP contribution in [0, 0.1) is 0 Å². The highest BCUT2D eigenvalue weighted by molar-refractivity contribution is 5.81. The molecule has 2 heterocycles. The number of carboxylic acids is 1. The van der Waals surface area contributed by atoms with Crippen molar-refractivity contribution in [2.45, 2.75) is 18.9 Å². The van der Waals surface area contributed by atoms with E-state index in [0.29, 0.717) is 12.4 Å². The van der Waals surface area contributed by atoms with Crippen LogP contribution >= 0.6 is 0 Å². The number of carbonyl (C=O) groups is 1. The van der Waals surface area contributed by atoms with E-state index in [1.54, 1.807) is 0 Å². The summed E-state index contributed by atoms with van der Waals surface area (Å²) in [5.74, 6) is -0.112. The molecule has 17 heavy (non-hydrogen) atoms. The number of nitrogens with zero attached hydrogens (tertiary/aromatic N) is 2. The molecular weight excluding hydrogens is 218 g/mol. The van der Waals surface area contributed by atoms with Gasteiger partial charge in [0.1, 0.15) is 6.04 Å². The molecule has 0 saturated carbocycles. The average molecular weight is 231 g/mol. The van der Waals surface area contributed by atoms with Crippen molar-refractivity contribution in [3.8, 4) is 0 Å². The molecule has 88 valence electrons. The second-order valence-corrected chi connectivity index (χ2v) is 4.27. The van der Waals surface area contributed by atoms with Crippen LogP contribution in [0.5, 0.6) is 0 Å². The summed E-state index contributed by atoms with van der Waals surface area (Å²) in [5, 5.41) is 9.14. The second kappa shape index (κ2) is 3.76. The minimum Gasteiger partial charge on any atom is -0.480 e. The molecule has 0 bridgehead atoms. The van der Waals surface area contributed by atoms with Crippen LogP contribution in [-0.2, 0) is 4.79 Å². The number of aromatic nitrogens is 2. The van der Waals surface area contributed by atoms with Gasteiger partial charge in [0, 0.05) is 6.54 Å². The van der Waals surface area contributed by atoms with Gasteiger partial charge in [0.2, 0.25) is 5.95 Å². The Bertz CT molecular complexity index is 531. The van der Waals surface area contributed by atoms with Crippen LogP contribution in [0.1, 0.15) is 12.8 Å². The molecular formula is C12H13N3O2. The van der Waals surface area contributed by atoms with Gasteiger partial charge >= 0.3 is 5.97 Å². The predicted octanol–water partition coefficient (Wildman–Crippen LogP) is 1.62. The Morgan fingerprint density at radius 3 is 3.06 bits per heavy atom. The van der Waals surface area contributed by atoms with Crippen LogP contribution < -0.4 is 4.90 Å². The van der Waals surface area contributed by atoms with E-state index in [9.17, 15) is 4.79 Å². The number of carboxylic acid groups (broad SMARTS) is 1. The van der Waals surface area contributed by atoms with E-state index in [1.165, 1.54) is 0 Å². The van der Waals surface area contributed by atoms with Gasteiger partial charge in [-0.2, -0.15) is 0 Å². The van der Waals surface area contributed by atoms with Gasteiger partial charge in [0.15, 0.2) is 0 Å². The SMILES string of the molecule is O=C(O)C1CCCN1c1nc2ccccc2[nH]1. The largest absolute Gasteiger partial charge is 0.480 e. The number of para-hydroxylation sites is 2. The van der Waals surface area contributed by atoms with Crippen molar-refractivity contribution in [1.82, 2.24) is 9.97 Å². The third kappa shape index (κ3) is 1.63. The van der Waals surface area contributed by atoms with E-state index in [0.717, 1.165) is 24.0 Å². The lowest BCUT2D eigenvalue weighted by Gasteiger charge is -2.19. The molecule has 2 aromatic rings. The first-order valence-electron chi connectivity index (χ1n) is 5.70. The summed E-state index contributed by atoms with van der Waals surface area (Å²) in [6.45, 7) is 0.747. The number of imidazole rings is 1. The van der Waals surface area contributed by atoms with Crippen LogP contribution in [0.25, 0.3) is 11.0 Å². The number of aromatic amines is 1. The fourth-order valence-corrected chi connectivity index (χ4v) is 2.35. The highest BCUT2D eigenvalue weighted by atomic mass is 16.4. The van der Waals surface area contributed by atoms with Crippen LogP contribution in [0.15, 0.2) is 24.3 Å². The zero-order valence-electron chi connectivity index (χ0n) is 9.26. The number of nitrogens with one attached hydrogen (secondary N) is 1. The highest BCUT2D eigenvalue weighted by Gasteiger charge is 2.32. The molecule has 0 amide bonds. The van der Waals surface area contributed by atoms with Crippen molar-refractivity contribution >= 4 is 23.0 Å². The van der Waals surface area contributed by atoms with Crippen LogP contribution in [-0.4, -0.2) is 33.6 Å². The number of rotatable bonds is 2. The van der Waals surface area contributed by atoms with E-state index in [4.69, 9.17) is 5.11 Å². The third-order valence-electron chi connectivity index (χ3n) is 3.19. The standard InChI is InChI=1S/C12H13N3O2/c16-11(17)10-6-3-7-15(10)12-13-8-4-1-2-5-9(8)14-12/h1-2,4-5,10H,3,6-7H2,(H,13,14)(H,16,17). The normalized spacial score (nSPS) is 20.0. The maximum Gasteiger partial charge on any atom is 0.326 e. The van der Waals surface area contributed by atoms with Gasteiger partial charge in [-0.15, -0.1) is 0 Å². The summed E-state index contributed by atoms with van der Waals surface area (Å²) >= 11 is 0. The lowest BCUT2D eigenvalue weighted by molar-refractivity contribution is -0.138. The summed E-state index contributed by atoms with van der Waals surface area (Å²) in [7, 11) is 0. The lowest BCUT2D eigenvalue weighted by atomic mass is 10.2. The Kier molecular flexibility index (Phi) is 2.24. The van der Waals surface area contributed by atoms with Gasteiger partial charge in [-0.25, -0.2) is 9.78 Å². The number of anilines is 1. The van der Waals surface area contributed by atoms with Crippen molar-refractivity contribution in [2.24, 2.45) is 0 Å². The molecule has 1 fully saturated rings. The van der Waals surface area contributed by atoms with E-state index in [-0.39, 0.29) is 0 Å². The van der Waals surface area contributed by atoms with Gasteiger partial charge in [-0.3, -0.25) is 0 Å². The summed E-state index contributed by atoms with van der Waals surface area (Å²) in [4.78, 5) is 20.6. The molecule has 1 aliphatic rings. The van der Waals surface area contributed by atoms with Crippen molar-refractivity contribution in [2.75, 3.05) is 11.4 Å². The molecule has 1 atom stereocenters. The number of H-pyrrole nitrogens is 1. The first-order chi connectivity index (χ1) is 8.25. The van der Waals surface area contributed by atoms with Gasteiger partial charge in [-0.05, 0) is 25.0 Å². The molecule has 1 aromatic carbocycles. The zero-order valence-corrected chi connectivity index (χ0v) is 9.26. The molecule has 2 N–H and O–H groups in total. The van der Waals surface area contributed by atoms with Crippen LogP contribution in [0.4, 0.5) is 5.95 Å². The summed E-state index contributed by atoms with van der Waals surface area (Å²) in [5.41, 5.74) is 1.82. The predicted molar refractivity (Wildman–Crippen MR) is 64.1 cm³/mol. The molecule has 1 aromatic heterocycles. The van der Waals surface area contributed by atoms with Crippen molar-refractivity contribution in [1.29, 1.82) is 0 Å². The van der Waals surface area contributed by atoms with Crippen molar-refractivity contribution in [3.05, 3.63) is 24.3 Å². The van der Waals surface area contributed by atoms with Gasteiger partial charge < -0.3 is 15.0 Å². The summed E-state index contributed by atoms with van der Waals surface area (Å²) in [6.07, 6.45) is 1.58. The Labute approximate surface area is 98.1 Å². The Morgan fingerprint density at radius 2 is 2.29 bits per heavy atom. The first-order valence-corrected chi connectivity index (χ1v) is 5.70. The number of aliphatic carboxylic acids is 1. The van der Waals surface area contributed by atoms with Crippen LogP contribution in [0.2, 0.25) is 0 Å². The summed E-state index contributed by atoms with van der Waals surface area (Å²) in [6, 6.07) is 7.27. The molecule has 1 saturated heterocycles. The maximum atomic E-state index is 11.1. The second-order valence-electron chi connectivity index (χ2n) is 4.27. The number of hydrogen-bond donors (Lipinski definition) is 2. The van der Waals surface area contributed by atoms with Crippen molar-refractivity contribution in [3.63, 3.8) is 0 Å². The smallest absolute Gasteiger partial charge is 0.326 e. The number of hydrogen-bond acceptors (Lipinski definition) is 3. The number of fused-ring (bicyclic) bond motifs is 1. The molecule has 1 aliphatic heterocycles. The molecule has 0 aliphatic carbocycles.